The maximum Gasteiger partial charge on any atom is 0.292 e. The van der Waals surface area contributed by atoms with Crippen LogP contribution in [-0.2, 0) is 5.33 Å². The molecule has 0 aliphatic heterocycles. The van der Waals surface area contributed by atoms with Gasteiger partial charge in [-0.3, -0.25) is 10.1 Å². The Balaban J connectivity index is 2.38. The predicted octanol–water partition coefficient (Wildman–Crippen LogP) is 3.09. The summed E-state index contributed by atoms with van der Waals surface area (Å²) in [7, 11) is 1.92. The van der Waals surface area contributed by atoms with E-state index in [1.165, 1.54) is 0 Å². The minimum absolute atomic E-state index is 0.200. The fraction of sp³-hybridized carbons (Fsp3) is 0.455. The average Bonchev–Trinajstić information content (AvgIpc) is 3.11. The van der Waals surface area contributed by atoms with Crippen LogP contribution in [0.25, 0.3) is 0 Å². The molecule has 1 aliphatic rings. The molecule has 1 fully saturated rings. The Morgan fingerprint density at radius 1 is 1.56 bits per heavy atom. The molecule has 1 aliphatic carbocycles. The van der Waals surface area contributed by atoms with Crippen molar-refractivity contribution in [3.63, 3.8) is 0 Å². The van der Waals surface area contributed by atoms with E-state index in [0.717, 1.165) is 24.1 Å². The summed E-state index contributed by atoms with van der Waals surface area (Å²) in [6.07, 6.45) is 2.27. The minimum atomic E-state index is -0.305. The summed E-state index contributed by atoms with van der Waals surface area (Å²) in [5.41, 5.74) is 1.85. The van der Waals surface area contributed by atoms with Crippen molar-refractivity contribution in [1.82, 2.24) is 0 Å². The lowest BCUT2D eigenvalue weighted by Gasteiger charge is -2.18. The number of nitro benzene ring substituents is 1. The van der Waals surface area contributed by atoms with Gasteiger partial charge in [-0.05, 0) is 24.5 Å². The maximum absolute atomic E-state index is 11.0. The lowest BCUT2D eigenvalue weighted by Crippen LogP contribution is -2.20. The highest BCUT2D eigenvalue weighted by atomic mass is 79.9. The zero-order valence-corrected chi connectivity index (χ0v) is 10.6. The van der Waals surface area contributed by atoms with Crippen LogP contribution in [0.4, 0.5) is 11.4 Å². The molecular formula is C11H13BrN2O2. The van der Waals surface area contributed by atoms with E-state index in [1.54, 1.807) is 6.07 Å². The summed E-state index contributed by atoms with van der Waals surface area (Å²) in [5, 5.41) is 11.6. The molecule has 5 heteroatoms. The second-order valence-electron chi connectivity index (χ2n) is 4.06. The Kier molecular flexibility index (Phi) is 3.14. The topological polar surface area (TPSA) is 46.4 Å². The number of anilines is 1. The van der Waals surface area contributed by atoms with Crippen molar-refractivity contribution in [1.29, 1.82) is 0 Å². The van der Waals surface area contributed by atoms with E-state index < -0.39 is 0 Å². The molecular weight excluding hydrogens is 272 g/mol. The zero-order valence-electron chi connectivity index (χ0n) is 9.02. The minimum Gasteiger partial charge on any atom is -0.366 e. The van der Waals surface area contributed by atoms with Gasteiger partial charge in [0.2, 0.25) is 0 Å². The first-order valence-corrected chi connectivity index (χ1v) is 6.31. The number of nitrogens with zero attached hydrogens (tertiary/aromatic N) is 2. The van der Waals surface area contributed by atoms with Crippen LogP contribution in [0.3, 0.4) is 0 Å². The highest BCUT2D eigenvalue weighted by Crippen LogP contribution is 2.36. The van der Waals surface area contributed by atoms with Crippen LogP contribution in [0.2, 0.25) is 0 Å². The van der Waals surface area contributed by atoms with Gasteiger partial charge in [-0.1, -0.05) is 22.0 Å². The number of rotatable bonds is 4. The Morgan fingerprint density at radius 3 is 2.75 bits per heavy atom. The third kappa shape index (κ3) is 2.19. The van der Waals surface area contributed by atoms with Crippen LogP contribution >= 0.6 is 15.9 Å². The van der Waals surface area contributed by atoms with Gasteiger partial charge >= 0.3 is 0 Å². The highest BCUT2D eigenvalue weighted by Gasteiger charge is 2.30. The number of nitro groups is 1. The molecule has 1 aromatic carbocycles. The molecule has 0 radical (unpaired) electrons. The van der Waals surface area contributed by atoms with Crippen LogP contribution < -0.4 is 4.90 Å². The molecule has 0 spiro atoms. The molecule has 0 aromatic heterocycles. The predicted molar refractivity (Wildman–Crippen MR) is 67.2 cm³/mol. The van der Waals surface area contributed by atoms with Gasteiger partial charge in [-0.2, -0.15) is 0 Å². The maximum atomic E-state index is 11.0. The molecule has 0 saturated heterocycles. The Morgan fingerprint density at radius 2 is 2.25 bits per heavy atom. The van der Waals surface area contributed by atoms with Gasteiger partial charge in [-0.15, -0.1) is 0 Å². The molecule has 1 saturated carbocycles. The van der Waals surface area contributed by atoms with Crippen LogP contribution in [0, 0.1) is 10.1 Å². The number of hydrogen-bond donors (Lipinski definition) is 0. The third-order valence-electron chi connectivity index (χ3n) is 2.87. The van der Waals surface area contributed by atoms with Gasteiger partial charge in [-0.25, -0.2) is 0 Å². The molecule has 4 nitrogen and oxygen atoms in total. The van der Waals surface area contributed by atoms with Gasteiger partial charge in [0.15, 0.2) is 0 Å². The van der Waals surface area contributed by atoms with Crippen molar-refractivity contribution in [2.24, 2.45) is 0 Å². The normalized spacial score (nSPS) is 14.9. The summed E-state index contributed by atoms with van der Waals surface area (Å²) < 4.78 is 0. The molecule has 0 unspecified atom stereocenters. The van der Waals surface area contributed by atoms with E-state index >= 15 is 0 Å². The fourth-order valence-corrected chi connectivity index (χ4v) is 2.10. The summed E-state index contributed by atoms with van der Waals surface area (Å²) >= 11 is 3.31. The van der Waals surface area contributed by atoms with Gasteiger partial charge in [0.05, 0.1) is 4.92 Å². The van der Waals surface area contributed by atoms with Crippen molar-refractivity contribution >= 4 is 27.3 Å². The first kappa shape index (κ1) is 11.4. The van der Waals surface area contributed by atoms with Crippen molar-refractivity contribution < 1.29 is 4.92 Å². The molecule has 0 amide bonds. The number of benzene rings is 1. The monoisotopic (exact) mass is 284 g/mol. The zero-order chi connectivity index (χ0) is 11.7. The molecule has 0 bridgehead atoms. The Bertz CT molecular complexity index is 418. The van der Waals surface area contributed by atoms with Crippen molar-refractivity contribution in [3.05, 3.63) is 33.9 Å². The molecule has 86 valence electrons. The third-order valence-corrected chi connectivity index (χ3v) is 3.51. The van der Waals surface area contributed by atoms with Crippen molar-refractivity contribution in [3.8, 4) is 0 Å². The number of alkyl halides is 1. The van der Waals surface area contributed by atoms with E-state index in [1.807, 2.05) is 24.1 Å². The molecule has 16 heavy (non-hydrogen) atoms. The molecule has 0 N–H and O–H groups in total. The van der Waals surface area contributed by atoms with Crippen LogP contribution in [0.15, 0.2) is 18.2 Å². The van der Waals surface area contributed by atoms with Gasteiger partial charge in [0.25, 0.3) is 5.69 Å². The van der Waals surface area contributed by atoms with E-state index in [9.17, 15) is 10.1 Å². The highest BCUT2D eigenvalue weighted by molar-refractivity contribution is 9.08. The van der Waals surface area contributed by atoms with Crippen molar-refractivity contribution in [2.75, 3.05) is 11.9 Å². The standard InChI is InChI=1S/C11H13BrN2O2/c1-13(9-3-4-9)10-5-2-8(7-12)6-11(10)14(15)16/h2,5-6,9H,3-4,7H2,1H3. The largest absolute Gasteiger partial charge is 0.366 e. The number of hydrogen-bond acceptors (Lipinski definition) is 3. The first-order valence-electron chi connectivity index (χ1n) is 5.19. The quantitative estimate of drug-likeness (QED) is 0.485. The lowest BCUT2D eigenvalue weighted by atomic mass is 10.2. The Hall–Kier alpha value is -1.10. The molecule has 2 rings (SSSR count). The molecule has 0 atom stereocenters. The fourth-order valence-electron chi connectivity index (χ4n) is 1.76. The number of halogens is 1. The summed E-state index contributed by atoms with van der Waals surface area (Å²) in [5.74, 6) is 0. The SMILES string of the molecule is CN(c1ccc(CBr)cc1[N+](=O)[O-])C1CC1. The molecule has 0 heterocycles. The van der Waals surface area contributed by atoms with Crippen molar-refractivity contribution in [2.45, 2.75) is 24.2 Å². The Labute approximate surface area is 103 Å². The first-order chi connectivity index (χ1) is 7.63. The smallest absolute Gasteiger partial charge is 0.292 e. The van der Waals surface area contributed by atoms with E-state index in [-0.39, 0.29) is 10.6 Å². The van der Waals surface area contributed by atoms with Crippen LogP contribution in [0.5, 0.6) is 0 Å². The van der Waals surface area contributed by atoms with Crippen LogP contribution in [-0.4, -0.2) is 18.0 Å². The van der Waals surface area contributed by atoms with E-state index in [2.05, 4.69) is 15.9 Å². The van der Waals surface area contributed by atoms with Crippen LogP contribution in [0.1, 0.15) is 18.4 Å². The summed E-state index contributed by atoms with van der Waals surface area (Å²) in [6.45, 7) is 0. The van der Waals surface area contributed by atoms with Gasteiger partial charge in [0, 0.05) is 24.5 Å². The lowest BCUT2D eigenvalue weighted by molar-refractivity contribution is -0.384. The average molecular weight is 285 g/mol. The second-order valence-corrected chi connectivity index (χ2v) is 4.62. The van der Waals surface area contributed by atoms with E-state index in [0.29, 0.717) is 11.4 Å². The summed E-state index contributed by atoms with van der Waals surface area (Å²) in [6, 6.07) is 5.89. The second kappa shape index (κ2) is 4.41. The van der Waals surface area contributed by atoms with E-state index in [4.69, 9.17) is 0 Å². The van der Waals surface area contributed by atoms with Gasteiger partial charge < -0.3 is 4.90 Å². The summed E-state index contributed by atoms with van der Waals surface area (Å²) in [4.78, 5) is 12.7. The molecule has 1 aromatic rings. The van der Waals surface area contributed by atoms with Gasteiger partial charge in [0.1, 0.15) is 5.69 Å².